The van der Waals surface area contributed by atoms with Gasteiger partial charge in [-0.25, -0.2) is 4.98 Å². The minimum Gasteiger partial charge on any atom is -0.357 e. The molecule has 5 nitrogen and oxygen atoms in total. The molecule has 0 fully saturated rings. The highest BCUT2D eigenvalue weighted by Gasteiger charge is 2.05. The highest BCUT2D eigenvalue weighted by molar-refractivity contribution is 6.31. The van der Waals surface area contributed by atoms with Crippen molar-refractivity contribution in [1.82, 2.24) is 20.2 Å². The molecule has 1 aromatic heterocycles. The number of aliphatic imine (C=N–C) groups is 1. The molecule has 0 unspecified atom stereocenters. The van der Waals surface area contributed by atoms with Gasteiger partial charge in [-0.2, -0.15) is 0 Å². The molecule has 0 saturated carbocycles. The number of hydrogen-bond acceptors (Lipinski definition) is 2. The molecule has 0 radical (unpaired) electrons. The van der Waals surface area contributed by atoms with Gasteiger partial charge in [-0.15, -0.1) is 0 Å². The summed E-state index contributed by atoms with van der Waals surface area (Å²) in [4.78, 5) is 9.20. The van der Waals surface area contributed by atoms with Crippen LogP contribution >= 0.6 is 11.6 Å². The average molecular weight is 410 g/mol. The van der Waals surface area contributed by atoms with Crippen LogP contribution in [0.5, 0.6) is 0 Å². The summed E-state index contributed by atoms with van der Waals surface area (Å²) in [6.07, 6.45) is 5.53. The Bertz CT molecular complexity index is 904. The van der Waals surface area contributed by atoms with E-state index in [1.807, 2.05) is 36.7 Å². The lowest BCUT2D eigenvalue weighted by atomic mass is 10.1. The predicted octanol–water partition coefficient (Wildman–Crippen LogP) is 3.93. The van der Waals surface area contributed by atoms with Crippen molar-refractivity contribution >= 4 is 17.6 Å². The van der Waals surface area contributed by atoms with Crippen molar-refractivity contribution in [2.75, 3.05) is 19.6 Å². The molecule has 3 aromatic rings. The third-order valence-electron chi connectivity index (χ3n) is 4.59. The standard InChI is InChI=1S/C23H28ClN5/c1-2-25-23(27-14-12-20-10-6-7-11-21(20)24)28-15-13-22-26-16-17-29(22)18-19-8-4-3-5-9-19/h3-11,16-17H,2,12-15,18H2,1H3,(H2,25,27,28). The molecule has 6 heteroatoms. The van der Waals surface area contributed by atoms with Gasteiger partial charge in [0.1, 0.15) is 5.82 Å². The maximum absolute atomic E-state index is 6.23. The molecule has 29 heavy (non-hydrogen) atoms. The minimum atomic E-state index is 0.674. The SMILES string of the molecule is CCNC(=NCCc1nccn1Cc1ccccc1)NCCc1ccccc1Cl. The Morgan fingerprint density at radius 3 is 2.62 bits per heavy atom. The van der Waals surface area contributed by atoms with Gasteiger partial charge in [0, 0.05) is 50.0 Å². The molecule has 152 valence electrons. The Kier molecular flexibility index (Phi) is 8.13. The van der Waals surface area contributed by atoms with Crippen molar-refractivity contribution in [1.29, 1.82) is 0 Å². The molecule has 0 aliphatic carbocycles. The van der Waals surface area contributed by atoms with Crippen molar-refractivity contribution in [3.8, 4) is 0 Å². The molecule has 0 aliphatic heterocycles. The topological polar surface area (TPSA) is 54.2 Å². The van der Waals surface area contributed by atoms with Crippen LogP contribution < -0.4 is 10.6 Å². The summed E-state index contributed by atoms with van der Waals surface area (Å²) in [5, 5.41) is 7.49. The van der Waals surface area contributed by atoms with Crippen LogP contribution in [0.2, 0.25) is 5.02 Å². The third-order valence-corrected chi connectivity index (χ3v) is 4.96. The largest absolute Gasteiger partial charge is 0.357 e. The fourth-order valence-corrected chi connectivity index (χ4v) is 3.35. The Morgan fingerprint density at radius 1 is 1.03 bits per heavy atom. The fraction of sp³-hybridized carbons (Fsp3) is 0.304. The molecular weight excluding hydrogens is 382 g/mol. The number of rotatable bonds is 9. The molecule has 0 aliphatic rings. The van der Waals surface area contributed by atoms with E-state index in [1.54, 1.807) is 0 Å². The molecule has 0 amide bonds. The van der Waals surface area contributed by atoms with Crippen molar-refractivity contribution < 1.29 is 0 Å². The van der Waals surface area contributed by atoms with Gasteiger partial charge in [-0.1, -0.05) is 60.1 Å². The monoisotopic (exact) mass is 409 g/mol. The molecule has 1 heterocycles. The van der Waals surface area contributed by atoms with Crippen LogP contribution in [0.1, 0.15) is 23.9 Å². The van der Waals surface area contributed by atoms with Gasteiger partial charge in [0.25, 0.3) is 0 Å². The maximum atomic E-state index is 6.23. The van der Waals surface area contributed by atoms with Gasteiger partial charge in [0.15, 0.2) is 5.96 Å². The quantitative estimate of drug-likeness (QED) is 0.416. The lowest BCUT2D eigenvalue weighted by Gasteiger charge is -2.12. The number of imidazole rings is 1. The Balaban J connectivity index is 1.52. The van der Waals surface area contributed by atoms with Crippen LogP contribution in [0.15, 0.2) is 72.0 Å². The number of aromatic nitrogens is 2. The van der Waals surface area contributed by atoms with E-state index in [0.717, 1.165) is 54.8 Å². The molecule has 2 N–H and O–H groups in total. The van der Waals surface area contributed by atoms with E-state index in [9.17, 15) is 0 Å². The average Bonchev–Trinajstić information content (AvgIpc) is 3.17. The normalized spacial score (nSPS) is 11.4. The summed E-state index contributed by atoms with van der Waals surface area (Å²) in [5.41, 5.74) is 2.41. The van der Waals surface area contributed by atoms with Crippen LogP contribution in [0.4, 0.5) is 0 Å². The number of nitrogens with one attached hydrogen (secondary N) is 2. The maximum Gasteiger partial charge on any atom is 0.191 e. The van der Waals surface area contributed by atoms with Gasteiger partial charge >= 0.3 is 0 Å². The van der Waals surface area contributed by atoms with Crippen LogP contribution in [0.25, 0.3) is 0 Å². The lowest BCUT2D eigenvalue weighted by molar-refractivity contribution is 0.712. The van der Waals surface area contributed by atoms with Gasteiger partial charge in [-0.3, -0.25) is 4.99 Å². The summed E-state index contributed by atoms with van der Waals surface area (Å²) in [5.74, 6) is 1.87. The first-order chi connectivity index (χ1) is 14.3. The first-order valence-corrected chi connectivity index (χ1v) is 10.4. The van der Waals surface area contributed by atoms with E-state index in [0.29, 0.717) is 6.54 Å². The van der Waals surface area contributed by atoms with Crippen LogP contribution in [-0.2, 0) is 19.4 Å². The highest BCUT2D eigenvalue weighted by atomic mass is 35.5. The van der Waals surface area contributed by atoms with Crippen LogP contribution in [0, 0.1) is 0 Å². The van der Waals surface area contributed by atoms with E-state index < -0.39 is 0 Å². The van der Waals surface area contributed by atoms with E-state index in [-0.39, 0.29) is 0 Å². The Morgan fingerprint density at radius 2 is 1.83 bits per heavy atom. The van der Waals surface area contributed by atoms with Crippen molar-refractivity contribution in [3.63, 3.8) is 0 Å². The molecule has 3 rings (SSSR count). The van der Waals surface area contributed by atoms with E-state index in [2.05, 4.69) is 57.4 Å². The number of nitrogens with zero attached hydrogens (tertiary/aromatic N) is 3. The van der Waals surface area contributed by atoms with E-state index >= 15 is 0 Å². The van der Waals surface area contributed by atoms with E-state index in [1.165, 1.54) is 5.56 Å². The van der Waals surface area contributed by atoms with Gasteiger partial charge in [-0.05, 0) is 30.5 Å². The fourth-order valence-electron chi connectivity index (χ4n) is 3.12. The van der Waals surface area contributed by atoms with Crippen molar-refractivity contribution in [2.24, 2.45) is 4.99 Å². The second-order valence-corrected chi connectivity index (χ2v) is 7.14. The number of halogens is 1. The lowest BCUT2D eigenvalue weighted by Crippen LogP contribution is -2.38. The van der Waals surface area contributed by atoms with Gasteiger partial charge < -0.3 is 15.2 Å². The molecule has 0 spiro atoms. The van der Waals surface area contributed by atoms with Crippen molar-refractivity contribution in [2.45, 2.75) is 26.3 Å². The van der Waals surface area contributed by atoms with Crippen LogP contribution in [0.3, 0.4) is 0 Å². The van der Waals surface area contributed by atoms with Crippen LogP contribution in [-0.4, -0.2) is 35.1 Å². The Labute approximate surface area is 177 Å². The van der Waals surface area contributed by atoms with E-state index in [4.69, 9.17) is 16.6 Å². The summed E-state index contributed by atoms with van der Waals surface area (Å²) in [6, 6.07) is 18.4. The zero-order valence-electron chi connectivity index (χ0n) is 16.8. The first-order valence-electron chi connectivity index (χ1n) is 10.1. The number of guanidine groups is 1. The molecular formula is C23H28ClN5. The molecule has 2 aromatic carbocycles. The summed E-state index contributed by atoms with van der Waals surface area (Å²) in [6.45, 7) is 5.17. The number of hydrogen-bond donors (Lipinski definition) is 2. The third kappa shape index (κ3) is 6.64. The molecule has 0 saturated heterocycles. The summed E-state index contributed by atoms with van der Waals surface area (Å²) < 4.78 is 2.18. The second-order valence-electron chi connectivity index (χ2n) is 6.74. The molecule has 0 bridgehead atoms. The predicted molar refractivity (Wildman–Crippen MR) is 121 cm³/mol. The number of benzene rings is 2. The smallest absolute Gasteiger partial charge is 0.191 e. The molecule has 0 atom stereocenters. The minimum absolute atomic E-state index is 0.674. The van der Waals surface area contributed by atoms with Gasteiger partial charge in [0.05, 0.1) is 0 Å². The zero-order chi connectivity index (χ0) is 20.3. The zero-order valence-corrected chi connectivity index (χ0v) is 17.6. The van der Waals surface area contributed by atoms with Gasteiger partial charge in [0.2, 0.25) is 0 Å². The summed E-state index contributed by atoms with van der Waals surface area (Å²) in [7, 11) is 0. The van der Waals surface area contributed by atoms with Crippen molar-refractivity contribution in [3.05, 3.63) is 89.0 Å². The highest BCUT2D eigenvalue weighted by Crippen LogP contribution is 2.14. The summed E-state index contributed by atoms with van der Waals surface area (Å²) >= 11 is 6.23. The first kappa shape index (κ1) is 20.9. The second kappa shape index (κ2) is 11.3. The Hall–Kier alpha value is -2.79.